The highest BCUT2D eigenvalue weighted by molar-refractivity contribution is 7.17. The molecule has 0 radical (unpaired) electrons. The van der Waals surface area contributed by atoms with Crippen molar-refractivity contribution in [1.82, 2.24) is 5.32 Å². The lowest BCUT2D eigenvalue weighted by Crippen LogP contribution is -2.34. The third-order valence-corrected chi connectivity index (χ3v) is 5.14. The summed E-state index contributed by atoms with van der Waals surface area (Å²) in [5.74, 6) is -0.254. The van der Waals surface area contributed by atoms with E-state index in [-0.39, 0.29) is 12.5 Å². The van der Waals surface area contributed by atoms with Gasteiger partial charge in [-0.05, 0) is 29.8 Å². The van der Waals surface area contributed by atoms with Gasteiger partial charge in [-0.3, -0.25) is 9.69 Å². The minimum atomic E-state index is -0.527. The molecule has 1 aromatic carbocycles. The van der Waals surface area contributed by atoms with E-state index in [4.69, 9.17) is 27.5 Å². The topological polar surface area (TPSA) is 109 Å². The predicted octanol–water partition coefficient (Wildman–Crippen LogP) is 2.81. The Hall–Kier alpha value is -2.42. The van der Waals surface area contributed by atoms with E-state index in [1.165, 1.54) is 16.2 Å². The molecule has 2 unspecified atom stereocenters. The normalized spacial score (nSPS) is 17.7. The monoisotopic (exact) mass is 392 g/mol. The Bertz CT molecular complexity index is 841. The van der Waals surface area contributed by atoms with E-state index in [9.17, 15) is 9.59 Å². The zero-order valence-electron chi connectivity index (χ0n) is 13.6. The van der Waals surface area contributed by atoms with E-state index < -0.39 is 18.2 Å². The van der Waals surface area contributed by atoms with Crippen LogP contribution in [-0.2, 0) is 4.74 Å². The second-order valence-corrected chi connectivity index (χ2v) is 7.43. The Morgan fingerprint density at radius 2 is 2.31 bits per heavy atom. The number of hydrogen-bond donors (Lipinski definition) is 3. The molecule has 136 valence electrons. The number of nitrogens with zero attached hydrogens (tertiary/aromatic N) is 1. The minimum Gasteiger partial charge on any atom is -0.442 e. The molecule has 3 rings (SSSR count). The van der Waals surface area contributed by atoms with E-state index in [1.807, 2.05) is 0 Å². The zero-order chi connectivity index (χ0) is 18.7. The number of ether oxygens (including phenoxy) is 1. The number of cyclic esters (lactones) is 1. The average molecular weight is 393 g/mol. The van der Waals surface area contributed by atoms with Crippen LogP contribution in [0.5, 0.6) is 0 Å². The summed E-state index contributed by atoms with van der Waals surface area (Å²) in [6.45, 7) is 0.518. The number of hydrogen-bond acceptors (Lipinski definition) is 6. The van der Waals surface area contributed by atoms with Crippen molar-refractivity contribution in [1.29, 1.82) is 5.41 Å². The van der Waals surface area contributed by atoms with E-state index in [0.29, 0.717) is 21.4 Å². The molecular formula is C17H17ClN4O3S. The summed E-state index contributed by atoms with van der Waals surface area (Å²) in [6, 6.07) is 9.88. The van der Waals surface area contributed by atoms with Gasteiger partial charge in [-0.15, -0.1) is 11.3 Å². The van der Waals surface area contributed by atoms with Crippen molar-refractivity contribution in [2.75, 3.05) is 18.0 Å². The van der Waals surface area contributed by atoms with Gasteiger partial charge >= 0.3 is 6.09 Å². The number of rotatable bonds is 6. The second kappa shape index (κ2) is 7.86. The van der Waals surface area contributed by atoms with Gasteiger partial charge in [0.05, 0.1) is 28.3 Å². The molecule has 0 saturated carbocycles. The number of nitrogens with two attached hydrogens (primary N) is 1. The van der Waals surface area contributed by atoms with Crippen molar-refractivity contribution >= 4 is 46.8 Å². The maximum atomic E-state index is 12.2. The predicted molar refractivity (Wildman–Crippen MR) is 101 cm³/mol. The van der Waals surface area contributed by atoms with Crippen LogP contribution >= 0.6 is 22.9 Å². The van der Waals surface area contributed by atoms with Crippen LogP contribution in [0.25, 0.3) is 0 Å². The fraction of sp³-hybridized carbons (Fsp3) is 0.235. The molecule has 7 nitrogen and oxygen atoms in total. The third kappa shape index (κ3) is 4.04. The number of halogens is 1. The molecule has 2 aromatic rings. The van der Waals surface area contributed by atoms with E-state index in [1.54, 1.807) is 36.4 Å². The molecule has 2 atom stereocenters. The number of nitrogens with one attached hydrogen (secondary N) is 2. The summed E-state index contributed by atoms with van der Waals surface area (Å²) in [7, 11) is 0. The molecule has 1 aromatic heterocycles. The van der Waals surface area contributed by atoms with Gasteiger partial charge in [0.25, 0.3) is 5.91 Å². The van der Waals surface area contributed by atoms with Crippen LogP contribution in [-0.4, -0.2) is 37.4 Å². The van der Waals surface area contributed by atoms with Crippen LogP contribution in [0.2, 0.25) is 4.34 Å². The molecule has 0 spiro atoms. The average Bonchev–Trinajstić information content (AvgIpc) is 3.24. The molecular weight excluding hydrogens is 376 g/mol. The number of anilines is 1. The molecule has 2 amide bonds. The molecule has 9 heteroatoms. The first kappa shape index (κ1) is 18.4. The van der Waals surface area contributed by atoms with Crippen LogP contribution in [0.4, 0.5) is 10.5 Å². The highest BCUT2D eigenvalue weighted by Gasteiger charge is 2.32. The lowest BCUT2D eigenvalue weighted by Gasteiger charge is -2.15. The van der Waals surface area contributed by atoms with Crippen molar-refractivity contribution in [2.24, 2.45) is 5.73 Å². The van der Waals surface area contributed by atoms with Crippen molar-refractivity contribution in [3.63, 3.8) is 0 Å². The standard InChI is InChI=1S/C17H17ClN4O3S/c18-15-5-4-14(26-15)16(23)21-8-12-9-22(17(24)25-12)11-3-1-2-10(6-11)13(20)7-19/h1-7,12-13,19H,8-9,20H2,(H,21,23). The first-order valence-electron chi connectivity index (χ1n) is 7.85. The fourth-order valence-corrected chi connectivity index (χ4v) is 3.52. The lowest BCUT2D eigenvalue weighted by atomic mass is 10.1. The molecule has 0 aliphatic carbocycles. The van der Waals surface area contributed by atoms with Crippen LogP contribution in [0.15, 0.2) is 36.4 Å². The first-order chi connectivity index (χ1) is 12.5. The highest BCUT2D eigenvalue weighted by Crippen LogP contribution is 2.24. The Labute approximate surface area is 159 Å². The fourth-order valence-electron chi connectivity index (χ4n) is 2.56. The summed E-state index contributed by atoms with van der Waals surface area (Å²) in [6.07, 6.45) is 0.197. The molecule has 0 bridgehead atoms. The molecule has 1 saturated heterocycles. The van der Waals surface area contributed by atoms with Gasteiger partial charge < -0.3 is 21.2 Å². The summed E-state index contributed by atoms with van der Waals surface area (Å²) >= 11 is 7.01. The summed E-state index contributed by atoms with van der Waals surface area (Å²) < 4.78 is 5.86. The number of thiophene rings is 1. The van der Waals surface area contributed by atoms with Crippen LogP contribution in [0, 0.1) is 5.41 Å². The van der Waals surface area contributed by atoms with Gasteiger partial charge in [0, 0.05) is 11.9 Å². The third-order valence-electron chi connectivity index (χ3n) is 3.91. The first-order valence-corrected chi connectivity index (χ1v) is 9.05. The smallest absolute Gasteiger partial charge is 0.414 e. The van der Waals surface area contributed by atoms with Crippen LogP contribution in [0.3, 0.4) is 0 Å². The Morgan fingerprint density at radius 3 is 3.00 bits per heavy atom. The Morgan fingerprint density at radius 1 is 1.50 bits per heavy atom. The van der Waals surface area contributed by atoms with Crippen molar-refractivity contribution in [3.05, 3.63) is 51.2 Å². The summed E-state index contributed by atoms with van der Waals surface area (Å²) in [4.78, 5) is 26.2. The molecule has 1 aliphatic heterocycles. The van der Waals surface area contributed by atoms with Gasteiger partial charge in [0.2, 0.25) is 0 Å². The molecule has 1 fully saturated rings. The minimum absolute atomic E-state index is 0.205. The quantitative estimate of drug-likeness (QED) is 0.656. The number of benzene rings is 1. The number of carbonyl (C=O) groups excluding carboxylic acids is 2. The number of carbonyl (C=O) groups is 2. The van der Waals surface area contributed by atoms with Gasteiger partial charge in [-0.25, -0.2) is 4.79 Å². The van der Waals surface area contributed by atoms with Gasteiger partial charge in [-0.2, -0.15) is 0 Å². The van der Waals surface area contributed by atoms with E-state index >= 15 is 0 Å². The van der Waals surface area contributed by atoms with E-state index in [0.717, 1.165) is 11.8 Å². The van der Waals surface area contributed by atoms with Crippen molar-refractivity contribution < 1.29 is 14.3 Å². The zero-order valence-corrected chi connectivity index (χ0v) is 15.2. The van der Waals surface area contributed by atoms with Gasteiger partial charge in [0.1, 0.15) is 6.10 Å². The van der Waals surface area contributed by atoms with Crippen molar-refractivity contribution in [3.8, 4) is 0 Å². The molecule has 1 aliphatic rings. The highest BCUT2D eigenvalue weighted by atomic mass is 35.5. The lowest BCUT2D eigenvalue weighted by molar-refractivity contribution is 0.0920. The molecule has 4 N–H and O–H groups in total. The van der Waals surface area contributed by atoms with Crippen LogP contribution in [0.1, 0.15) is 21.3 Å². The maximum Gasteiger partial charge on any atom is 0.414 e. The van der Waals surface area contributed by atoms with Crippen LogP contribution < -0.4 is 16.0 Å². The molecule has 2 heterocycles. The number of amides is 2. The van der Waals surface area contributed by atoms with Gasteiger partial charge in [-0.1, -0.05) is 23.7 Å². The second-order valence-electron chi connectivity index (χ2n) is 5.72. The largest absolute Gasteiger partial charge is 0.442 e. The van der Waals surface area contributed by atoms with Gasteiger partial charge in [0.15, 0.2) is 0 Å². The Balaban J connectivity index is 1.62. The SMILES string of the molecule is N=CC(N)c1cccc(N2CC(CNC(=O)c3ccc(Cl)s3)OC2=O)c1. The molecule has 26 heavy (non-hydrogen) atoms. The maximum absolute atomic E-state index is 12.2. The summed E-state index contributed by atoms with van der Waals surface area (Å²) in [5.41, 5.74) is 7.20. The summed E-state index contributed by atoms with van der Waals surface area (Å²) in [5, 5.41) is 10.0. The Kier molecular flexibility index (Phi) is 5.55. The van der Waals surface area contributed by atoms with Crippen molar-refractivity contribution in [2.45, 2.75) is 12.1 Å². The van der Waals surface area contributed by atoms with E-state index in [2.05, 4.69) is 5.32 Å².